The number of nitrogens with zero attached hydrogens (tertiary/aromatic N) is 1. The van der Waals surface area contributed by atoms with Crippen molar-refractivity contribution in [3.05, 3.63) is 48.0 Å². The van der Waals surface area contributed by atoms with Gasteiger partial charge in [0.2, 0.25) is 0 Å². The molecule has 1 aromatic carbocycles. The Kier molecular flexibility index (Phi) is 4.68. The first-order valence-electron chi connectivity index (χ1n) is 7.12. The molecule has 0 aliphatic carbocycles. The molecule has 1 aromatic rings. The summed E-state index contributed by atoms with van der Waals surface area (Å²) in [4.78, 5) is 37.1. The number of ketones is 1. The molecule has 0 fully saturated rings. The molecular weight excluding hydrogens is 266 g/mol. The van der Waals surface area contributed by atoms with Gasteiger partial charge in [-0.3, -0.25) is 19.3 Å². The van der Waals surface area contributed by atoms with Crippen molar-refractivity contribution in [2.75, 3.05) is 6.54 Å². The molecule has 0 spiro atoms. The first-order chi connectivity index (χ1) is 10.1. The lowest BCUT2D eigenvalue weighted by Crippen LogP contribution is -2.31. The summed E-state index contributed by atoms with van der Waals surface area (Å²) in [6.07, 6.45) is 3.66. The maximum Gasteiger partial charge on any atom is 0.261 e. The van der Waals surface area contributed by atoms with Gasteiger partial charge in [0.05, 0.1) is 11.1 Å². The predicted octanol–water partition coefficient (Wildman–Crippen LogP) is 2.84. The van der Waals surface area contributed by atoms with Crippen LogP contribution in [0, 0.1) is 5.92 Å². The molecule has 1 heterocycles. The van der Waals surface area contributed by atoms with Crippen LogP contribution in [0.25, 0.3) is 0 Å². The number of allylic oxidation sites excluding steroid dienone is 1. The average molecular weight is 285 g/mol. The van der Waals surface area contributed by atoms with Crippen LogP contribution in [-0.4, -0.2) is 29.0 Å². The summed E-state index contributed by atoms with van der Waals surface area (Å²) in [6.45, 7) is 5.57. The lowest BCUT2D eigenvalue weighted by molar-refractivity contribution is -0.120. The minimum absolute atomic E-state index is 0.0716. The van der Waals surface area contributed by atoms with E-state index in [9.17, 15) is 14.4 Å². The number of rotatable bonds is 7. The van der Waals surface area contributed by atoms with Crippen molar-refractivity contribution in [1.29, 1.82) is 0 Å². The van der Waals surface area contributed by atoms with Gasteiger partial charge >= 0.3 is 0 Å². The zero-order valence-electron chi connectivity index (χ0n) is 12.2. The predicted molar refractivity (Wildman–Crippen MR) is 80.0 cm³/mol. The van der Waals surface area contributed by atoms with Crippen LogP contribution < -0.4 is 0 Å². The van der Waals surface area contributed by atoms with E-state index >= 15 is 0 Å². The Hall–Kier alpha value is -2.23. The third kappa shape index (κ3) is 3.10. The molecule has 0 saturated heterocycles. The second-order valence-corrected chi connectivity index (χ2v) is 5.28. The van der Waals surface area contributed by atoms with E-state index in [2.05, 4.69) is 6.58 Å². The monoisotopic (exact) mass is 285 g/mol. The quantitative estimate of drug-likeness (QED) is 0.572. The summed E-state index contributed by atoms with van der Waals surface area (Å²) in [5, 5.41) is 0. The second-order valence-electron chi connectivity index (χ2n) is 5.28. The Labute approximate surface area is 124 Å². The summed E-state index contributed by atoms with van der Waals surface area (Å²) in [6, 6.07) is 6.85. The van der Waals surface area contributed by atoms with Crippen LogP contribution in [0.5, 0.6) is 0 Å². The second kappa shape index (κ2) is 6.48. The van der Waals surface area contributed by atoms with E-state index < -0.39 is 0 Å². The van der Waals surface area contributed by atoms with Crippen molar-refractivity contribution in [2.45, 2.75) is 26.2 Å². The Morgan fingerprint density at radius 3 is 2.29 bits per heavy atom. The van der Waals surface area contributed by atoms with Crippen LogP contribution in [-0.2, 0) is 4.79 Å². The molecule has 2 rings (SSSR count). The van der Waals surface area contributed by atoms with Gasteiger partial charge in [-0.15, -0.1) is 6.58 Å². The van der Waals surface area contributed by atoms with Gasteiger partial charge in [0.1, 0.15) is 5.78 Å². The molecule has 1 aliphatic rings. The summed E-state index contributed by atoms with van der Waals surface area (Å²) in [5.74, 6) is -0.424. The number of carbonyl (C=O) groups excluding carboxylic acids is 3. The third-order valence-electron chi connectivity index (χ3n) is 3.84. The van der Waals surface area contributed by atoms with Crippen molar-refractivity contribution in [2.24, 2.45) is 5.92 Å². The average Bonchev–Trinajstić information content (AvgIpc) is 2.71. The number of fused-ring (bicyclic) bond motifs is 1. The van der Waals surface area contributed by atoms with Gasteiger partial charge in [-0.05, 0) is 38.3 Å². The van der Waals surface area contributed by atoms with E-state index in [0.717, 1.165) is 0 Å². The van der Waals surface area contributed by atoms with Crippen LogP contribution in [0.15, 0.2) is 36.9 Å². The standard InChI is InChI=1S/C17H19NO3/c1-3-7-13(12(2)19)8-6-11-18-16(20)14-9-4-5-10-15(14)17(18)21/h3-5,9-10,13H,1,6-8,11H2,2H3. The zero-order valence-corrected chi connectivity index (χ0v) is 12.2. The van der Waals surface area contributed by atoms with Gasteiger partial charge < -0.3 is 0 Å². The van der Waals surface area contributed by atoms with E-state index in [1.807, 2.05) is 0 Å². The van der Waals surface area contributed by atoms with Crippen LogP contribution in [0.4, 0.5) is 0 Å². The molecule has 4 heteroatoms. The van der Waals surface area contributed by atoms with Crippen molar-refractivity contribution in [1.82, 2.24) is 4.90 Å². The topological polar surface area (TPSA) is 54.5 Å². The molecule has 1 atom stereocenters. The van der Waals surface area contributed by atoms with Gasteiger partial charge in [-0.25, -0.2) is 0 Å². The molecule has 21 heavy (non-hydrogen) atoms. The van der Waals surface area contributed by atoms with E-state index in [1.165, 1.54) is 4.90 Å². The molecule has 4 nitrogen and oxygen atoms in total. The minimum atomic E-state index is -0.237. The van der Waals surface area contributed by atoms with Crippen LogP contribution in [0.1, 0.15) is 46.9 Å². The normalized spacial score (nSPS) is 15.0. The van der Waals surface area contributed by atoms with Gasteiger partial charge in [0.25, 0.3) is 11.8 Å². The fourth-order valence-electron chi connectivity index (χ4n) is 2.63. The summed E-state index contributed by atoms with van der Waals surface area (Å²) in [7, 11) is 0. The molecule has 0 N–H and O–H groups in total. The van der Waals surface area contributed by atoms with E-state index in [-0.39, 0.29) is 23.5 Å². The summed E-state index contributed by atoms with van der Waals surface area (Å²) < 4.78 is 0. The number of benzene rings is 1. The fraction of sp³-hybridized carbons (Fsp3) is 0.353. The summed E-state index contributed by atoms with van der Waals surface area (Å²) in [5.41, 5.74) is 0.938. The van der Waals surface area contributed by atoms with Gasteiger partial charge in [-0.1, -0.05) is 18.2 Å². The van der Waals surface area contributed by atoms with E-state index in [0.29, 0.717) is 36.9 Å². The zero-order chi connectivity index (χ0) is 15.4. The number of amides is 2. The number of hydrogen-bond donors (Lipinski definition) is 0. The highest BCUT2D eigenvalue weighted by Crippen LogP contribution is 2.23. The minimum Gasteiger partial charge on any atom is -0.300 e. The van der Waals surface area contributed by atoms with Gasteiger partial charge in [-0.2, -0.15) is 0 Å². The lowest BCUT2D eigenvalue weighted by Gasteiger charge is -2.16. The van der Waals surface area contributed by atoms with Gasteiger partial charge in [0.15, 0.2) is 0 Å². The Morgan fingerprint density at radius 1 is 1.24 bits per heavy atom. The number of Topliss-reactive ketones (excluding diaryl/α,β-unsaturated/α-hetero) is 1. The molecule has 1 aliphatic heterocycles. The van der Waals surface area contributed by atoms with E-state index in [4.69, 9.17) is 0 Å². The molecule has 0 radical (unpaired) electrons. The highest BCUT2D eigenvalue weighted by molar-refractivity contribution is 6.21. The fourth-order valence-corrected chi connectivity index (χ4v) is 2.63. The van der Waals surface area contributed by atoms with Crippen molar-refractivity contribution >= 4 is 17.6 Å². The molecule has 1 unspecified atom stereocenters. The van der Waals surface area contributed by atoms with Crippen LogP contribution in [0.2, 0.25) is 0 Å². The molecule has 2 amide bonds. The Bertz CT molecular complexity index is 556. The first kappa shape index (κ1) is 15.2. The maximum atomic E-state index is 12.2. The highest BCUT2D eigenvalue weighted by Gasteiger charge is 2.34. The number of imide groups is 1. The smallest absolute Gasteiger partial charge is 0.261 e. The van der Waals surface area contributed by atoms with E-state index in [1.54, 1.807) is 37.3 Å². The third-order valence-corrected chi connectivity index (χ3v) is 3.84. The first-order valence-corrected chi connectivity index (χ1v) is 7.12. The summed E-state index contributed by atoms with van der Waals surface area (Å²) >= 11 is 0. The molecule has 0 saturated carbocycles. The van der Waals surface area contributed by atoms with Crippen LogP contribution >= 0.6 is 0 Å². The molecular formula is C17H19NO3. The molecule has 0 aromatic heterocycles. The van der Waals surface area contributed by atoms with Crippen molar-refractivity contribution < 1.29 is 14.4 Å². The highest BCUT2D eigenvalue weighted by atomic mass is 16.2. The number of hydrogen-bond acceptors (Lipinski definition) is 3. The van der Waals surface area contributed by atoms with Crippen molar-refractivity contribution in [3.63, 3.8) is 0 Å². The molecule has 110 valence electrons. The van der Waals surface area contributed by atoms with Crippen LogP contribution in [0.3, 0.4) is 0 Å². The van der Waals surface area contributed by atoms with Crippen molar-refractivity contribution in [3.8, 4) is 0 Å². The lowest BCUT2D eigenvalue weighted by atomic mass is 9.95. The maximum absolute atomic E-state index is 12.2. The number of carbonyl (C=O) groups is 3. The van der Waals surface area contributed by atoms with Gasteiger partial charge in [0, 0.05) is 12.5 Å². The molecule has 0 bridgehead atoms. The Balaban J connectivity index is 1.96. The largest absolute Gasteiger partial charge is 0.300 e. The SMILES string of the molecule is C=CCC(CCCN1C(=O)c2ccccc2C1=O)C(C)=O. The Morgan fingerprint density at radius 2 is 1.81 bits per heavy atom.